The normalized spacial score (nSPS) is 11.3. The minimum Gasteiger partial charge on any atom is -0.311 e. The third kappa shape index (κ3) is 17.8. The summed E-state index contributed by atoms with van der Waals surface area (Å²) >= 11 is 5.71. The van der Waals surface area contributed by atoms with E-state index in [0.29, 0.717) is 0 Å². The van der Waals surface area contributed by atoms with E-state index in [1.807, 2.05) is 34.0 Å². The summed E-state index contributed by atoms with van der Waals surface area (Å²) in [5, 5.41) is 15.4. The highest BCUT2D eigenvalue weighted by Gasteiger charge is 2.24. The van der Waals surface area contributed by atoms with Gasteiger partial charge in [0.2, 0.25) is 0 Å². The van der Waals surface area contributed by atoms with Gasteiger partial charge >= 0.3 is 0 Å². The van der Waals surface area contributed by atoms with Crippen molar-refractivity contribution < 1.29 is 0 Å². The molecule has 0 unspecified atom stereocenters. The second-order valence-corrected chi connectivity index (χ2v) is 41.0. The molecule has 150 heavy (non-hydrogen) atoms. The lowest BCUT2D eigenvalue weighted by atomic mass is 9.96. The van der Waals surface area contributed by atoms with Gasteiger partial charge in [-0.05, 0) is 243 Å². The van der Waals surface area contributed by atoms with Crippen LogP contribution in [0.2, 0.25) is 0 Å². The van der Waals surface area contributed by atoms with E-state index in [-0.39, 0.29) is 0 Å². The second kappa shape index (κ2) is 40.7. The van der Waals surface area contributed by atoms with Gasteiger partial charge in [0, 0.05) is 117 Å². The van der Waals surface area contributed by atoms with Gasteiger partial charge < -0.3 is 14.7 Å². The van der Waals surface area contributed by atoms with Crippen molar-refractivity contribution in [3.8, 4) is 111 Å². The standard InChI is InChI=1S/C50H33NS.C48H33NS.C46H31NS/c1-2-19-39(20-3-1)51(48-28-10-16-36-14-5-7-22-42(36)48)40-31-29-34(30-32-40)37-17-8-18-38(33-37)43-23-11-26-46-47-27-12-25-45(50(47)52-49(43)46)44-24-9-15-35-13-4-6-21-41(35)44;1-4-13-34(14-5-1)35-25-29-41(30-26-35)49(40-19-8-3-9-20-40)42-31-27-36(28-32-42)38-17-10-18-39(33-38)44-22-12-24-46-45-23-11-21-43(47(45)50-48(44)46)37-15-6-2-7-16-37;1-3-13-34(14-4-1)40-22-11-24-42-43-25-12-23-41(46(43)48-45(40)42)36-18-9-17-35(31-36)32-27-29-38(30-28-32)47(37-19-5-2-6-20-37)44-26-10-16-33-15-7-8-21-39(33)44/h1-33H;1-33H;1-31H. The number of thiophene rings is 3. The van der Waals surface area contributed by atoms with Gasteiger partial charge in [0.05, 0.1) is 11.4 Å². The molecule has 0 aliphatic rings. The van der Waals surface area contributed by atoms with Crippen LogP contribution in [0.3, 0.4) is 0 Å². The molecule has 0 amide bonds. The van der Waals surface area contributed by atoms with E-state index in [1.54, 1.807) is 0 Å². The van der Waals surface area contributed by atoms with Gasteiger partial charge in [-0.3, -0.25) is 0 Å². The Labute approximate surface area is 885 Å². The van der Waals surface area contributed by atoms with Crippen LogP contribution in [0.5, 0.6) is 0 Å². The fourth-order valence-corrected chi connectivity index (χ4v) is 25.9. The zero-order valence-corrected chi connectivity index (χ0v) is 84.5. The number of para-hydroxylation sites is 3. The predicted molar refractivity (Wildman–Crippen MR) is 649 cm³/mol. The third-order valence-electron chi connectivity index (χ3n) is 29.0. The Morgan fingerprint density at radius 3 is 0.640 bits per heavy atom. The first-order valence-corrected chi connectivity index (χ1v) is 53.6. The minimum absolute atomic E-state index is 1.12. The molecule has 0 saturated heterocycles. The Kier molecular flexibility index (Phi) is 24.8. The van der Waals surface area contributed by atoms with E-state index in [0.717, 1.165) is 39.8 Å². The molecule has 0 spiro atoms. The van der Waals surface area contributed by atoms with E-state index in [2.05, 4.69) is 603 Å². The number of benzene rings is 25. The van der Waals surface area contributed by atoms with Crippen molar-refractivity contribution in [2.75, 3.05) is 14.7 Å². The van der Waals surface area contributed by atoms with Gasteiger partial charge in [0.25, 0.3) is 0 Å². The topological polar surface area (TPSA) is 9.72 Å². The number of fused-ring (bicyclic) bond motifs is 12. The molecule has 28 aromatic rings. The second-order valence-electron chi connectivity index (χ2n) is 38.0. The fourth-order valence-electron chi connectivity index (χ4n) is 21.8. The molecule has 706 valence electrons. The zero-order valence-electron chi connectivity index (χ0n) is 82.1. The van der Waals surface area contributed by atoms with Crippen molar-refractivity contribution in [1.29, 1.82) is 0 Å². The maximum absolute atomic E-state index is 2.36. The molecule has 0 N–H and O–H groups in total. The number of nitrogens with zero attached hydrogens (tertiary/aromatic N) is 3. The van der Waals surface area contributed by atoms with Gasteiger partial charge in [-0.15, -0.1) is 34.0 Å². The average Bonchev–Trinajstić information content (AvgIpc) is 1.66. The fraction of sp³-hybridized carbons (Fsp3) is 0. The summed E-state index contributed by atoms with van der Waals surface area (Å²) in [6.07, 6.45) is 0. The monoisotopic (exact) mass is 1960 g/mol. The first kappa shape index (κ1) is 91.3. The van der Waals surface area contributed by atoms with Crippen LogP contribution in [0.25, 0.3) is 204 Å². The minimum atomic E-state index is 1.12. The van der Waals surface area contributed by atoms with Gasteiger partial charge in [-0.2, -0.15) is 0 Å². The summed E-state index contributed by atoms with van der Waals surface area (Å²) in [5.41, 5.74) is 35.0. The molecular weight excluding hydrogens is 1870 g/mol. The molecule has 0 atom stereocenters. The molecule has 0 fully saturated rings. The largest absolute Gasteiger partial charge is 0.311 e. The first-order chi connectivity index (χ1) is 74.4. The van der Waals surface area contributed by atoms with Crippen LogP contribution < -0.4 is 14.7 Å². The number of hydrogen-bond donors (Lipinski definition) is 0. The maximum atomic E-state index is 2.36. The lowest BCUT2D eigenvalue weighted by molar-refractivity contribution is 1.28. The number of anilines is 9. The van der Waals surface area contributed by atoms with Crippen LogP contribution in [0.1, 0.15) is 0 Å². The van der Waals surface area contributed by atoms with Crippen molar-refractivity contribution in [3.05, 3.63) is 588 Å². The van der Waals surface area contributed by atoms with E-state index in [9.17, 15) is 0 Å². The quantitative estimate of drug-likeness (QED) is 0.0799. The van der Waals surface area contributed by atoms with Crippen LogP contribution in [0, 0.1) is 0 Å². The van der Waals surface area contributed by atoms with Crippen molar-refractivity contribution >= 4 is 178 Å². The van der Waals surface area contributed by atoms with Crippen molar-refractivity contribution in [2.24, 2.45) is 0 Å². The third-order valence-corrected chi connectivity index (χ3v) is 32.9. The van der Waals surface area contributed by atoms with Gasteiger partial charge in [0.15, 0.2) is 0 Å². The molecular formula is C144H97N3S3. The van der Waals surface area contributed by atoms with E-state index < -0.39 is 0 Å². The van der Waals surface area contributed by atoms with Gasteiger partial charge in [-0.1, -0.05) is 473 Å². The zero-order chi connectivity index (χ0) is 99.6. The molecule has 6 heteroatoms. The van der Waals surface area contributed by atoms with Gasteiger partial charge in [0.1, 0.15) is 0 Å². The van der Waals surface area contributed by atoms with E-state index in [1.165, 1.54) is 215 Å². The van der Waals surface area contributed by atoms with Crippen LogP contribution in [0.4, 0.5) is 51.2 Å². The molecule has 0 aliphatic heterocycles. The Bertz CT molecular complexity index is 9780. The van der Waals surface area contributed by atoms with E-state index >= 15 is 0 Å². The Morgan fingerprint density at radius 2 is 0.300 bits per heavy atom. The average molecular weight is 1970 g/mol. The molecule has 0 aliphatic carbocycles. The molecule has 0 saturated carbocycles. The molecule has 3 nitrogen and oxygen atoms in total. The molecule has 3 aromatic heterocycles. The molecule has 0 bridgehead atoms. The summed E-state index contributed by atoms with van der Waals surface area (Å²) in [6.45, 7) is 0. The number of hydrogen-bond acceptors (Lipinski definition) is 6. The Morgan fingerprint density at radius 1 is 0.107 bits per heavy atom. The molecule has 25 aromatic carbocycles. The van der Waals surface area contributed by atoms with Crippen LogP contribution >= 0.6 is 34.0 Å². The van der Waals surface area contributed by atoms with Crippen molar-refractivity contribution in [1.82, 2.24) is 0 Å². The first-order valence-electron chi connectivity index (χ1n) is 51.1. The predicted octanol–water partition coefficient (Wildman–Crippen LogP) is 42.7. The lowest BCUT2D eigenvalue weighted by Crippen LogP contribution is -2.10. The van der Waals surface area contributed by atoms with Crippen LogP contribution in [-0.2, 0) is 0 Å². The number of rotatable bonds is 19. The Balaban J connectivity index is 0.000000114. The molecule has 28 rings (SSSR count). The van der Waals surface area contributed by atoms with Crippen LogP contribution in [-0.4, -0.2) is 0 Å². The SMILES string of the molecule is c1ccc(-c2ccc(N(c3ccccc3)c3ccc(-c4cccc(-c5cccc6c5sc5c(-c7ccccc7)cccc56)c4)cc3)cc2)cc1.c1ccc(-c2cccc3c2sc2c(-c4cccc(-c5ccc(N(c6ccccc6)c6cccc7ccccc67)cc5)c4)cccc23)cc1.c1ccc(N(c2ccc(-c3cccc(-c4cccc5c4sc4c(-c6cccc7ccccc67)cccc45)c3)cc2)c2cccc3ccccc23)cc1. The Hall–Kier alpha value is -18.7. The molecule has 3 heterocycles. The van der Waals surface area contributed by atoms with Crippen molar-refractivity contribution in [3.63, 3.8) is 0 Å². The summed E-state index contributed by atoms with van der Waals surface area (Å²) in [5.74, 6) is 0. The highest BCUT2D eigenvalue weighted by Crippen LogP contribution is 2.52. The molecule has 0 radical (unpaired) electrons. The van der Waals surface area contributed by atoms with Crippen LogP contribution in [0.15, 0.2) is 588 Å². The summed E-state index contributed by atoms with van der Waals surface area (Å²) in [7, 11) is 0. The van der Waals surface area contributed by atoms with Gasteiger partial charge in [-0.25, -0.2) is 0 Å². The smallest absolute Gasteiger partial charge is 0.0540 e. The summed E-state index contributed by atoms with van der Waals surface area (Å²) < 4.78 is 8.00. The summed E-state index contributed by atoms with van der Waals surface area (Å²) in [6, 6.07) is 213. The highest BCUT2D eigenvalue weighted by molar-refractivity contribution is 7.27. The highest BCUT2D eigenvalue weighted by atomic mass is 32.1. The lowest BCUT2D eigenvalue weighted by Gasteiger charge is -2.27. The van der Waals surface area contributed by atoms with E-state index in [4.69, 9.17) is 0 Å². The van der Waals surface area contributed by atoms with Crippen molar-refractivity contribution in [2.45, 2.75) is 0 Å². The summed E-state index contributed by atoms with van der Waals surface area (Å²) in [4.78, 5) is 7.03. The maximum Gasteiger partial charge on any atom is 0.0540 e.